The van der Waals surface area contributed by atoms with Gasteiger partial charge in [-0.25, -0.2) is 9.29 Å². The van der Waals surface area contributed by atoms with Gasteiger partial charge in [0.15, 0.2) is 0 Å². The van der Waals surface area contributed by atoms with Crippen LogP contribution >= 0.6 is 35.0 Å². The van der Waals surface area contributed by atoms with Crippen molar-refractivity contribution in [3.05, 3.63) is 81.1 Å². The molecular formula is C20H10Cl2FNO3S. The second-order valence-corrected chi connectivity index (χ2v) is 7.66. The first kappa shape index (κ1) is 18.8. The van der Waals surface area contributed by atoms with Gasteiger partial charge in [0, 0.05) is 16.7 Å². The van der Waals surface area contributed by atoms with Gasteiger partial charge in [-0.1, -0.05) is 23.2 Å². The molecule has 0 aliphatic carbocycles. The van der Waals surface area contributed by atoms with Crippen LogP contribution in [0.2, 0.25) is 10.0 Å². The van der Waals surface area contributed by atoms with Crippen LogP contribution < -0.4 is 4.90 Å². The monoisotopic (exact) mass is 433 g/mol. The predicted molar refractivity (Wildman–Crippen MR) is 109 cm³/mol. The number of imide groups is 1. The summed E-state index contributed by atoms with van der Waals surface area (Å²) in [6.45, 7) is 0. The Bertz CT molecular complexity index is 1120. The number of nitrogens with zero attached hydrogens (tertiary/aromatic N) is 1. The van der Waals surface area contributed by atoms with Gasteiger partial charge in [0.2, 0.25) is 0 Å². The largest absolute Gasteiger partial charge is 0.457 e. The molecule has 1 aromatic heterocycles. The first-order chi connectivity index (χ1) is 13.4. The standard InChI is InChI=1S/C20H10Cl2FNO3S/c21-11-1-7-16(22)15(9-11)17-8-6-14(27-17)10-18-19(25)24(20(26)28-18)13-4-2-12(23)3-5-13/h1-10H/b18-10+. The van der Waals surface area contributed by atoms with Gasteiger partial charge >= 0.3 is 0 Å². The van der Waals surface area contributed by atoms with E-state index in [4.69, 9.17) is 27.6 Å². The van der Waals surface area contributed by atoms with E-state index in [9.17, 15) is 14.0 Å². The van der Waals surface area contributed by atoms with Crippen LogP contribution in [0.3, 0.4) is 0 Å². The summed E-state index contributed by atoms with van der Waals surface area (Å²) in [5.74, 6) is -0.0819. The first-order valence-electron chi connectivity index (χ1n) is 8.01. The molecule has 2 heterocycles. The summed E-state index contributed by atoms with van der Waals surface area (Å²) in [6, 6.07) is 13.5. The molecule has 28 heavy (non-hydrogen) atoms. The van der Waals surface area contributed by atoms with Crippen LogP contribution in [-0.2, 0) is 4.79 Å². The number of carbonyl (C=O) groups excluding carboxylic acids is 2. The van der Waals surface area contributed by atoms with Crippen molar-refractivity contribution < 1.29 is 18.4 Å². The van der Waals surface area contributed by atoms with Gasteiger partial charge < -0.3 is 4.42 Å². The maximum absolute atomic E-state index is 13.1. The van der Waals surface area contributed by atoms with Gasteiger partial charge in [-0.2, -0.15) is 0 Å². The Morgan fingerprint density at radius 1 is 1.00 bits per heavy atom. The fraction of sp³-hybridized carbons (Fsp3) is 0. The van der Waals surface area contributed by atoms with Crippen molar-refractivity contribution in [3.63, 3.8) is 0 Å². The Balaban J connectivity index is 1.62. The minimum absolute atomic E-state index is 0.201. The molecule has 2 amide bonds. The number of carbonyl (C=O) groups is 2. The van der Waals surface area contributed by atoms with Gasteiger partial charge in [0.05, 0.1) is 15.6 Å². The molecule has 0 spiro atoms. The zero-order valence-electron chi connectivity index (χ0n) is 14.0. The lowest BCUT2D eigenvalue weighted by Crippen LogP contribution is -2.27. The maximum Gasteiger partial charge on any atom is 0.298 e. The van der Waals surface area contributed by atoms with E-state index in [2.05, 4.69) is 0 Å². The Morgan fingerprint density at radius 3 is 2.50 bits per heavy atom. The number of rotatable bonds is 3. The topological polar surface area (TPSA) is 50.5 Å². The zero-order valence-corrected chi connectivity index (χ0v) is 16.3. The summed E-state index contributed by atoms with van der Waals surface area (Å²) in [4.78, 5) is 26.1. The number of halogens is 3. The van der Waals surface area contributed by atoms with Crippen molar-refractivity contribution in [2.75, 3.05) is 4.90 Å². The zero-order chi connectivity index (χ0) is 19.8. The Morgan fingerprint density at radius 2 is 1.75 bits per heavy atom. The Labute approximate surface area is 173 Å². The third kappa shape index (κ3) is 3.58. The van der Waals surface area contributed by atoms with Crippen LogP contribution in [0, 0.1) is 5.82 Å². The molecule has 0 bridgehead atoms. The van der Waals surface area contributed by atoms with Crippen LogP contribution in [0.25, 0.3) is 17.4 Å². The molecule has 1 aliphatic heterocycles. The summed E-state index contributed by atoms with van der Waals surface area (Å²) >= 11 is 13.0. The molecule has 0 N–H and O–H groups in total. The smallest absolute Gasteiger partial charge is 0.298 e. The molecule has 8 heteroatoms. The molecule has 2 aromatic carbocycles. The summed E-state index contributed by atoms with van der Waals surface area (Å²) in [5, 5.41) is 0.521. The quantitative estimate of drug-likeness (QED) is 0.434. The predicted octanol–water partition coefficient (Wildman–Crippen LogP) is 6.63. The fourth-order valence-corrected chi connectivity index (χ4v) is 3.88. The highest BCUT2D eigenvalue weighted by Crippen LogP contribution is 2.37. The van der Waals surface area contributed by atoms with Crippen molar-refractivity contribution in [3.8, 4) is 11.3 Å². The molecule has 1 fully saturated rings. The molecule has 1 aliphatic rings. The second-order valence-electron chi connectivity index (χ2n) is 5.82. The van der Waals surface area contributed by atoms with Crippen LogP contribution in [0.15, 0.2) is 63.9 Å². The van der Waals surface area contributed by atoms with Gasteiger partial charge in [0.1, 0.15) is 17.3 Å². The molecule has 0 atom stereocenters. The molecule has 4 rings (SSSR count). The molecule has 140 valence electrons. The van der Waals surface area contributed by atoms with Gasteiger partial charge in [-0.3, -0.25) is 9.59 Å². The number of thioether (sulfide) groups is 1. The minimum Gasteiger partial charge on any atom is -0.457 e. The summed E-state index contributed by atoms with van der Waals surface area (Å²) in [7, 11) is 0. The molecule has 1 saturated heterocycles. The summed E-state index contributed by atoms with van der Waals surface area (Å²) < 4.78 is 18.8. The molecule has 0 unspecified atom stereocenters. The van der Waals surface area contributed by atoms with E-state index in [1.54, 1.807) is 30.3 Å². The lowest BCUT2D eigenvalue weighted by Gasteiger charge is -2.11. The van der Waals surface area contributed by atoms with E-state index in [1.807, 2.05) is 0 Å². The molecule has 0 radical (unpaired) electrons. The molecule has 0 saturated carbocycles. The third-order valence-corrected chi connectivity index (χ3v) is 5.41. The van der Waals surface area contributed by atoms with Gasteiger partial charge in [-0.05, 0) is 66.4 Å². The third-order valence-electron chi connectivity index (χ3n) is 3.97. The van der Waals surface area contributed by atoms with Crippen molar-refractivity contribution in [1.82, 2.24) is 0 Å². The highest BCUT2D eigenvalue weighted by Gasteiger charge is 2.36. The molecular weight excluding hydrogens is 424 g/mol. The highest BCUT2D eigenvalue weighted by atomic mass is 35.5. The average molecular weight is 434 g/mol. The van der Waals surface area contributed by atoms with E-state index in [0.717, 1.165) is 16.7 Å². The first-order valence-corrected chi connectivity index (χ1v) is 9.58. The number of amides is 2. The lowest BCUT2D eigenvalue weighted by atomic mass is 10.2. The second kappa shape index (κ2) is 7.47. The SMILES string of the molecule is O=C1S/C(=C/c2ccc(-c3cc(Cl)ccc3Cl)o2)C(=O)N1c1ccc(F)cc1. The van der Waals surface area contributed by atoms with E-state index in [-0.39, 0.29) is 4.91 Å². The van der Waals surface area contributed by atoms with Gasteiger partial charge in [0.25, 0.3) is 11.1 Å². The van der Waals surface area contributed by atoms with Crippen molar-refractivity contribution in [2.24, 2.45) is 0 Å². The van der Waals surface area contributed by atoms with Crippen molar-refractivity contribution >= 4 is 57.9 Å². The normalized spacial score (nSPS) is 15.7. The fourth-order valence-electron chi connectivity index (χ4n) is 2.67. The van der Waals surface area contributed by atoms with Crippen LogP contribution in [0.5, 0.6) is 0 Å². The lowest BCUT2D eigenvalue weighted by molar-refractivity contribution is -0.113. The number of hydrogen-bond acceptors (Lipinski definition) is 4. The number of anilines is 1. The average Bonchev–Trinajstić information content (AvgIpc) is 3.23. The number of benzene rings is 2. The minimum atomic E-state index is -0.500. The van der Waals surface area contributed by atoms with Crippen LogP contribution in [-0.4, -0.2) is 11.1 Å². The number of furan rings is 1. The molecule has 4 nitrogen and oxygen atoms in total. The summed E-state index contributed by atoms with van der Waals surface area (Å²) in [5.41, 5.74) is 0.923. The van der Waals surface area contributed by atoms with Crippen LogP contribution in [0.1, 0.15) is 5.76 Å². The molecule has 3 aromatic rings. The highest BCUT2D eigenvalue weighted by molar-refractivity contribution is 8.19. The number of hydrogen-bond donors (Lipinski definition) is 0. The van der Waals surface area contributed by atoms with E-state index < -0.39 is 17.0 Å². The van der Waals surface area contributed by atoms with Crippen molar-refractivity contribution in [2.45, 2.75) is 0 Å². The maximum atomic E-state index is 13.1. The van der Waals surface area contributed by atoms with E-state index in [0.29, 0.717) is 32.8 Å². The Hall–Kier alpha value is -2.54. The van der Waals surface area contributed by atoms with Gasteiger partial charge in [-0.15, -0.1) is 0 Å². The van der Waals surface area contributed by atoms with E-state index in [1.165, 1.54) is 30.3 Å². The summed E-state index contributed by atoms with van der Waals surface area (Å²) in [6.07, 6.45) is 1.48. The van der Waals surface area contributed by atoms with Crippen molar-refractivity contribution in [1.29, 1.82) is 0 Å². The van der Waals surface area contributed by atoms with E-state index >= 15 is 0 Å². The van der Waals surface area contributed by atoms with Crippen LogP contribution in [0.4, 0.5) is 14.9 Å². The Kier molecular flexibility index (Phi) is 5.02.